The van der Waals surface area contributed by atoms with Gasteiger partial charge >= 0.3 is 0 Å². The summed E-state index contributed by atoms with van der Waals surface area (Å²) in [6, 6.07) is 2.16. The summed E-state index contributed by atoms with van der Waals surface area (Å²) in [7, 11) is 4.00. The highest BCUT2D eigenvalue weighted by atomic mass is 32.1. The van der Waals surface area contributed by atoms with Crippen molar-refractivity contribution < 1.29 is 0 Å². The first-order valence-corrected chi connectivity index (χ1v) is 7.87. The number of hydrogen-bond acceptors (Lipinski definition) is 5. The third kappa shape index (κ3) is 3.28. The maximum atomic E-state index is 4.73. The van der Waals surface area contributed by atoms with Gasteiger partial charge in [-0.3, -0.25) is 0 Å². The van der Waals surface area contributed by atoms with Gasteiger partial charge in [0.2, 0.25) is 0 Å². The van der Waals surface area contributed by atoms with Crippen molar-refractivity contribution in [2.75, 3.05) is 24.3 Å². The molecule has 0 aliphatic carbocycles. The van der Waals surface area contributed by atoms with Gasteiger partial charge in [0, 0.05) is 32.6 Å². The van der Waals surface area contributed by atoms with Crippen molar-refractivity contribution in [1.82, 2.24) is 9.97 Å². The molecule has 0 saturated carbocycles. The number of rotatable bonds is 6. The summed E-state index contributed by atoms with van der Waals surface area (Å²) in [5, 5.41) is 7.46. The van der Waals surface area contributed by atoms with E-state index in [-0.39, 0.29) is 0 Å². The fourth-order valence-electron chi connectivity index (χ4n) is 2.23. The van der Waals surface area contributed by atoms with Crippen LogP contribution in [0, 0.1) is 6.92 Å². The van der Waals surface area contributed by atoms with Crippen LogP contribution in [0.15, 0.2) is 16.8 Å². The Morgan fingerprint density at radius 2 is 2.15 bits per heavy atom. The molecule has 0 radical (unpaired) electrons. The SMILES string of the molecule is CCCc1nc(NC)c(C)c(N(C)Cc2ccsc2)n1. The summed E-state index contributed by atoms with van der Waals surface area (Å²) in [6.45, 7) is 5.09. The second-order valence-electron chi connectivity index (χ2n) is 4.92. The van der Waals surface area contributed by atoms with Gasteiger partial charge in [-0.1, -0.05) is 6.92 Å². The van der Waals surface area contributed by atoms with Gasteiger partial charge in [0.25, 0.3) is 0 Å². The van der Waals surface area contributed by atoms with Crippen molar-refractivity contribution in [2.24, 2.45) is 0 Å². The van der Waals surface area contributed by atoms with Gasteiger partial charge in [-0.25, -0.2) is 9.97 Å². The molecule has 2 heterocycles. The van der Waals surface area contributed by atoms with Crippen LogP contribution in [0.2, 0.25) is 0 Å². The molecule has 4 nitrogen and oxygen atoms in total. The van der Waals surface area contributed by atoms with Crippen LogP contribution in [0.4, 0.5) is 11.6 Å². The molecule has 0 aliphatic rings. The van der Waals surface area contributed by atoms with Crippen LogP contribution in [0.3, 0.4) is 0 Å². The monoisotopic (exact) mass is 290 g/mol. The smallest absolute Gasteiger partial charge is 0.137 e. The highest BCUT2D eigenvalue weighted by molar-refractivity contribution is 7.07. The summed E-state index contributed by atoms with van der Waals surface area (Å²) in [4.78, 5) is 11.5. The van der Waals surface area contributed by atoms with Crippen LogP contribution in [0.5, 0.6) is 0 Å². The standard InChI is InChI=1S/C15H22N4S/c1-5-6-13-17-14(16-3)11(2)15(18-13)19(4)9-12-7-8-20-10-12/h7-8,10H,5-6,9H2,1-4H3,(H,16,17,18). The molecule has 0 unspecified atom stereocenters. The summed E-state index contributed by atoms with van der Waals surface area (Å²) >= 11 is 1.73. The minimum atomic E-state index is 0.871. The molecule has 0 saturated heterocycles. The van der Waals surface area contributed by atoms with Crippen molar-refractivity contribution in [3.63, 3.8) is 0 Å². The number of aryl methyl sites for hydroxylation is 1. The van der Waals surface area contributed by atoms with Crippen LogP contribution >= 0.6 is 11.3 Å². The molecule has 0 spiro atoms. The number of hydrogen-bond donors (Lipinski definition) is 1. The maximum absolute atomic E-state index is 4.73. The maximum Gasteiger partial charge on any atom is 0.137 e. The van der Waals surface area contributed by atoms with Gasteiger partial charge in [0.1, 0.15) is 17.5 Å². The lowest BCUT2D eigenvalue weighted by atomic mass is 10.2. The Bertz CT molecular complexity index is 551. The van der Waals surface area contributed by atoms with Gasteiger partial charge in [-0.05, 0) is 35.7 Å². The zero-order chi connectivity index (χ0) is 14.5. The van der Waals surface area contributed by atoms with Crippen molar-refractivity contribution >= 4 is 23.0 Å². The summed E-state index contributed by atoms with van der Waals surface area (Å²) < 4.78 is 0. The summed E-state index contributed by atoms with van der Waals surface area (Å²) in [6.07, 6.45) is 1.97. The van der Waals surface area contributed by atoms with Crippen LogP contribution in [-0.4, -0.2) is 24.1 Å². The molecular weight excluding hydrogens is 268 g/mol. The Labute approximate surface area is 124 Å². The van der Waals surface area contributed by atoms with Crippen LogP contribution in [0.25, 0.3) is 0 Å². The molecule has 0 fully saturated rings. The van der Waals surface area contributed by atoms with Crippen molar-refractivity contribution in [3.8, 4) is 0 Å². The van der Waals surface area contributed by atoms with Crippen LogP contribution in [-0.2, 0) is 13.0 Å². The van der Waals surface area contributed by atoms with E-state index in [1.165, 1.54) is 5.56 Å². The summed E-state index contributed by atoms with van der Waals surface area (Å²) in [5.41, 5.74) is 2.42. The zero-order valence-electron chi connectivity index (χ0n) is 12.6. The predicted molar refractivity (Wildman–Crippen MR) is 86.7 cm³/mol. The Morgan fingerprint density at radius 1 is 1.35 bits per heavy atom. The van der Waals surface area contributed by atoms with Gasteiger partial charge in [-0.2, -0.15) is 11.3 Å². The second kappa shape index (κ2) is 6.70. The van der Waals surface area contributed by atoms with E-state index in [9.17, 15) is 0 Å². The van der Waals surface area contributed by atoms with E-state index >= 15 is 0 Å². The first kappa shape index (κ1) is 14.8. The number of thiophene rings is 1. The topological polar surface area (TPSA) is 41.1 Å². The quantitative estimate of drug-likeness (QED) is 0.884. The van der Waals surface area contributed by atoms with Gasteiger partial charge in [0.15, 0.2) is 0 Å². The fraction of sp³-hybridized carbons (Fsp3) is 0.467. The van der Waals surface area contributed by atoms with Gasteiger partial charge in [-0.15, -0.1) is 0 Å². The first-order valence-electron chi connectivity index (χ1n) is 6.93. The molecule has 2 aromatic rings. The number of aromatic nitrogens is 2. The Balaban J connectivity index is 2.30. The van der Waals surface area contributed by atoms with E-state index in [2.05, 4.69) is 52.9 Å². The van der Waals surface area contributed by atoms with Crippen molar-refractivity contribution in [3.05, 3.63) is 33.8 Å². The highest BCUT2D eigenvalue weighted by Gasteiger charge is 2.13. The van der Waals surface area contributed by atoms with E-state index in [1.54, 1.807) is 11.3 Å². The third-order valence-corrected chi connectivity index (χ3v) is 3.97. The Kier molecular flexibility index (Phi) is 4.95. The van der Waals surface area contributed by atoms with E-state index in [4.69, 9.17) is 4.98 Å². The number of nitrogens with one attached hydrogen (secondary N) is 1. The van der Waals surface area contributed by atoms with Crippen molar-refractivity contribution in [2.45, 2.75) is 33.2 Å². The average molecular weight is 290 g/mol. The van der Waals surface area contributed by atoms with E-state index < -0.39 is 0 Å². The molecule has 0 aromatic carbocycles. The normalized spacial score (nSPS) is 10.6. The molecule has 0 bridgehead atoms. The van der Waals surface area contributed by atoms with Crippen molar-refractivity contribution in [1.29, 1.82) is 0 Å². The number of anilines is 2. The third-order valence-electron chi connectivity index (χ3n) is 3.24. The van der Waals surface area contributed by atoms with E-state index in [0.717, 1.165) is 42.4 Å². The molecule has 108 valence electrons. The van der Waals surface area contributed by atoms with Gasteiger partial charge < -0.3 is 10.2 Å². The Hall–Kier alpha value is -1.62. The molecule has 2 rings (SSSR count). The van der Waals surface area contributed by atoms with Crippen LogP contribution < -0.4 is 10.2 Å². The second-order valence-corrected chi connectivity index (χ2v) is 5.70. The predicted octanol–water partition coefficient (Wildman–Crippen LogP) is 3.48. The van der Waals surface area contributed by atoms with Gasteiger partial charge in [0.05, 0.1) is 0 Å². The number of nitrogens with zero attached hydrogens (tertiary/aromatic N) is 3. The molecule has 0 amide bonds. The average Bonchev–Trinajstić information content (AvgIpc) is 2.93. The molecular formula is C15H22N4S. The summed E-state index contributed by atoms with van der Waals surface area (Å²) in [5.74, 6) is 2.85. The fourth-order valence-corrected chi connectivity index (χ4v) is 2.89. The lowest BCUT2D eigenvalue weighted by molar-refractivity contribution is 0.808. The zero-order valence-corrected chi connectivity index (χ0v) is 13.4. The molecule has 0 atom stereocenters. The molecule has 1 N–H and O–H groups in total. The highest BCUT2D eigenvalue weighted by Crippen LogP contribution is 2.24. The minimum absolute atomic E-state index is 0.871. The lowest BCUT2D eigenvalue weighted by Gasteiger charge is -2.21. The van der Waals surface area contributed by atoms with Crippen LogP contribution in [0.1, 0.15) is 30.3 Å². The molecule has 20 heavy (non-hydrogen) atoms. The largest absolute Gasteiger partial charge is 0.373 e. The molecule has 0 aliphatic heterocycles. The van der Waals surface area contributed by atoms with E-state index in [0.29, 0.717) is 0 Å². The van der Waals surface area contributed by atoms with E-state index in [1.807, 2.05) is 7.05 Å². The molecule has 2 aromatic heterocycles. The lowest BCUT2D eigenvalue weighted by Crippen LogP contribution is -2.20. The Morgan fingerprint density at radius 3 is 2.75 bits per heavy atom. The minimum Gasteiger partial charge on any atom is -0.373 e. The molecule has 5 heteroatoms. The first-order chi connectivity index (χ1) is 9.65.